The van der Waals surface area contributed by atoms with Crippen LogP contribution in [0.15, 0.2) is 72.8 Å². The van der Waals surface area contributed by atoms with Crippen molar-refractivity contribution in [1.82, 2.24) is 0 Å². The number of methoxy groups -OCH3 is 2. The number of hydrogen-bond acceptors (Lipinski definition) is 4. The van der Waals surface area contributed by atoms with Gasteiger partial charge in [-0.25, -0.2) is 0 Å². The number of carbonyl (C=O) groups is 1. The number of anilines is 1. The van der Waals surface area contributed by atoms with E-state index in [2.05, 4.69) is 5.32 Å². The van der Waals surface area contributed by atoms with Crippen molar-refractivity contribution in [3.63, 3.8) is 0 Å². The van der Waals surface area contributed by atoms with E-state index in [9.17, 15) is 4.79 Å². The fourth-order valence-electron chi connectivity index (χ4n) is 3.45. The molecular formula is C26H21Cl2NO4. The molecule has 4 rings (SSSR count). The largest absolute Gasteiger partial charge is 0.493 e. The molecule has 0 bridgehead atoms. The first-order valence-corrected chi connectivity index (χ1v) is 10.9. The monoisotopic (exact) mass is 481 g/mol. The summed E-state index contributed by atoms with van der Waals surface area (Å²) in [6, 6.07) is 21.9. The zero-order chi connectivity index (χ0) is 23.4. The van der Waals surface area contributed by atoms with Crippen LogP contribution in [0.2, 0.25) is 10.0 Å². The normalized spacial score (nSPS) is 10.7. The Hall–Kier alpha value is -3.41. The summed E-state index contributed by atoms with van der Waals surface area (Å²) in [6.07, 6.45) is 0.170. The van der Waals surface area contributed by atoms with E-state index in [1.807, 2.05) is 36.4 Å². The first-order valence-electron chi connectivity index (χ1n) is 10.1. The molecule has 0 aromatic heterocycles. The van der Waals surface area contributed by atoms with Crippen molar-refractivity contribution < 1.29 is 19.0 Å². The quantitative estimate of drug-likeness (QED) is 0.304. The summed E-state index contributed by atoms with van der Waals surface area (Å²) in [5, 5.41) is 5.62. The molecule has 1 amide bonds. The molecule has 0 fully saturated rings. The van der Waals surface area contributed by atoms with E-state index in [-0.39, 0.29) is 12.3 Å². The van der Waals surface area contributed by atoms with E-state index in [4.69, 9.17) is 37.4 Å². The van der Waals surface area contributed by atoms with Gasteiger partial charge in [-0.15, -0.1) is 0 Å². The number of nitrogens with one attached hydrogen (secondary N) is 1. The average Bonchev–Trinajstić information content (AvgIpc) is 2.82. The van der Waals surface area contributed by atoms with Crippen molar-refractivity contribution in [3.8, 4) is 23.0 Å². The molecular weight excluding hydrogens is 461 g/mol. The van der Waals surface area contributed by atoms with Gasteiger partial charge in [0, 0.05) is 11.1 Å². The van der Waals surface area contributed by atoms with Crippen LogP contribution in [0.4, 0.5) is 5.69 Å². The predicted octanol–water partition coefficient (Wildman–Crippen LogP) is 7.14. The van der Waals surface area contributed by atoms with E-state index in [0.29, 0.717) is 38.7 Å². The Bertz CT molecular complexity index is 1320. The SMILES string of the molecule is COc1ccc(CC(=O)Nc2ccc(Oc3ccc4ccccc4c3Cl)c(Cl)c2)cc1OC. The number of benzene rings is 4. The highest BCUT2D eigenvalue weighted by Gasteiger charge is 2.12. The van der Waals surface area contributed by atoms with Gasteiger partial charge in [0.1, 0.15) is 11.5 Å². The number of fused-ring (bicyclic) bond motifs is 1. The molecule has 5 nitrogen and oxygen atoms in total. The van der Waals surface area contributed by atoms with Gasteiger partial charge in [-0.1, -0.05) is 59.6 Å². The van der Waals surface area contributed by atoms with E-state index in [1.54, 1.807) is 50.6 Å². The highest BCUT2D eigenvalue weighted by molar-refractivity contribution is 6.37. The number of ether oxygens (including phenoxy) is 3. The third kappa shape index (κ3) is 5.16. The van der Waals surface area contributed by atoms with E-state index < -0.39 is 0 Å². The van der Waals surface area contributed by atoms with Gasteiger partial charge in [-0.3, -0.25) is 4.79 Å². The second kappa shape index (κ2) is 10.0. The lowest BCUT2D eigenvalue weighted by atomic mass is 10.1. The van der Waals surface area contributed by atoms with Crippen LogP contribution in [0.1, 0.15) is 5.56 Å². The fraction of sp³-hybridized carbons (Fsp3) is 0.115. The molecule has 1 N–H and O–H groups in total. The molecule has 0 saturated heterocycles. The highest BCUT2D eigenvalue weighted by atomic mass is 35.5. The molecule has 168 valence electrons. The minimum Gasteiger partial charge on any atom is -0.493 e. The summed E-state index contributed by atoms with van der Waals surface area (Å²) >= 11 is 12.9. The lowest BCUT2D eigenvalue weighted by Crippen LogP contribution is -2.14. The van der Waals surface area contributed by atoms with Crippen molar-refractivity contribution in [2.24, 2.45) is 0 Å². The van der Waals surface area contributed by atoms with Crippen molar-refractivity contribution in [3.05, 3.63) is 88.4 Å². The Morgan fingerprint density at radius 2 is 1.55 bits per heavy atom. The molecule has 0 atom stereocenters. The lowest BCUT2D eigenvalue weighted by Gasteiger charge is -2.13. The molecule has 0 aliphatic carbocycles. The smallest absolute Gasteiger partial charge is 0.228 e. The van der Waals surface area contributed by atoms with Gasteiger partial charge in [-0.2, -0.15) is 0 Å². The Labute approximate surface area is 201 Å². The Balaban J connectivity index is 1.46. The van der Waals surface area contributed by atoms with Crippen molar-refractivity contribution in [1.29, 1.82) is 0 Å². The molecule has 0 aliphatic heterocycles. The maximum atomic E-state index is 12.5. The Morgan fingerprint density at radius 1 is 0.818 bits per heavy atom. The summed E-state index contributed by atoms with van der Waals surface area (Å²) in [7, 11) is 3.12. The van der Waals surface area contributed by atoms with E-state index in [0.717, 1.165) is 16.3 Å². The third-order valence-electron chi connectivity index (χ3n) is 5.08. The standard InChI is InChI=1S/C26H21Cl2NO4/c1-31-22-10-7-16(13-24(22)32-2)14-25(30)29-18-9-12-21(20(27)15-18)33-23-11-8-17-5-3-4-6-19(17)26(23)28/h3-13,15H,14H2,1-2H3,(H,29,30). The molecule has 0 saturated carbocycles. The molecule has 0 radical (unpaired) electrons. The molecule has 7 heteroatoms. The Kier molecular flexibility index (Phi) is 6.92. The zero-order valence-electron chi connectivity index (χ0n) is 18.0. The van der Waals surface area contributed by atoms with Gasteiger partial charge in [-0.05, 0) is 47.3 Å². The zero-order valence-corrected chi connectivity index (χ0v) is 19.5. The second-order valence-corrected chi connectivity index (χ2v) is 8.05. The molecule has 4 aromatic rings. The van der Waals surface area contributed by atoms with Gasteiger partial charge in [0.25, 0.3) is 0 Å². The fourth-order valence-corrected chi connectivity index (χ4v) is 3.95. The van der Waals surface area contributed by atoms with Crippen molar-refractivity contribution in [2.75, 3.05) is 19.5 Å². The topological polar surface area (TPSA) is 56.8 Å². The Morgan fingerprint density at radius 3 is 2.30 bits per heavy atom. The number of hydrogen-bond donors (Lipinski definition) is 1. The summed E-state index contributed by atoms with van der Waals surface area (Å²) in [6.45, 7) is 0. The van der Waals surface area contributed by atoms with Crippen LogP contribution < -0.4 is 19.5 Å². The summed E-state index contributed by atoms with van der Waals surface area (Å²) in [5.74, 6) is 1.93. The summed E-state index contributed by atoms with van der Waals surface area (Å²) in [4.78, 5) is 12.5. The average molecular weight is 482 g/mol. The maximum absolute atomic E-state index is 12.5. The molecule has 33 heavy (non-hydrogen) atoms. The highest BCUT2D eigenvalue weighted by Crippen LogP contribution is 2.38. The van der Waals surface area contributed by atoms with E-state index >= 15 is 0 Å². The number of amides is 1. The van der Waals surface area contributed by atoms with Gasteiger partial charge >= 0.3 is 0 Å². The van der Waals surface area contributed by atoms with Crippen LogP contribution in [0.5, 0.6) is 23.0 Å². The van der Waals surface area contributed by atoms with Crippen LogP contribution >= 0.6 is 23.2 Å². The predicted molar refractivity (Wildman–Crippen MR) is 132 cm³/mol. The van der Waals surface area contributed by atoms with Crippen LogP contribution in [0, 0.1) is 0 Å². The van der Waals surface area contributed by atoms with Crippen molar-refractivity contribution in [2.45, 2.75) is 6.42 Å². The van der Waals surface area contributed by atoms with Gasteiger partial charge in [0.15, 0.2) is 11.5 Å². The minimum absolute atomic E-state index is 0.170. The van der Waals surface area contributed by atoms with Crippen LogP contribution in [0.3, 0.4) is 0 Å². The van der Waals surface area contributed by atoms with Crippen molar-refractivity contribution >= 4 is 45.6 Å². The first-order chi connectivity index (χ1) is 16.0. The van der Waals surface area contributed by atoms with Gasteiger partial charge < -0.3 is 19.5 Å². The lowest BCUT2D eigenvalue weighted by molar-refractivity contribution is -0.115. The third-order valence-corrected chi connectivity index (χ3v) is 5.76. The van der Waals surface area contributed by atoms with E-state index in [1.165, 1.54) is 0 Å². The number of carbonyl (C=O) groups excluding carboxylic acids is 1. The second-order valence-electron chi connectivity index (χ2n) is 7.26. The summed E-state index contributed by atoms with van der Waals surface area (Å²) in [5.41, 5.74) is 1.35. The van der Waals surface area contributed by atoms with Gasteiger partial charge in [0.2, 0.25) is 5.91 Å². The molecule has 0 unspecified atom stereocenters. The first kappa shape index (κ1) is 22.8. The number of rotatable bonds is 7. The molecule has 0 heterocycles. The number of halogens is 2. The molecule has 0 spiro atoms. The minimum atomic E-state index is -0.190. The molecule has 0 aliphatic rings. The summed E-state index contributed by atoms with van der Waals surface area (Å²) < 4.78 is 16.5. The van der Waals surface area contributed by atoms with Crippen LogP contribution in [0.25, 0.3) is 10.8 Å². The van der Waals surface area contributed by atoms with Gasteiger partial charge in [0.05, 0.1) is 30.7 Å². The van der Waals surface area contributed by atoms with Crippen LogP contribution in [-0.4, -0.2) is 20.1 Å². The molecule has 4 aromatic carbocycles. The van der Waals surface area contributed by atoms with Crippen LogP contribution in [-0.2, 0) is 11.2 Å². The maximum Gasteiger partial charge on any atom is 0.228 e.